The first kappa shape index (κ1) is 14.6. The maximum absolute atomic E-state index is 5.77. The molecule has 0 aliphatic carbocycles. The van der Waals surface area contributed by atoms with Gasteiger partial charge in [0.15, 0.2) is 0 Å². The summed E-state index contributed by atoms with van der Waals surface area (Å²) < 4.78 is 5.56. The van der Waals surface area contributed by atoms with Crippen molar-refractivity contribution in [1.29, 1.82) is 0 Å². The number of hydrogen-bond donors (Lipinski definition) is 2. The number of ether oxygens (including phenoxy) is 1. The van der Waals surface area contributed by atoms with Gasteiger partial charge in [0.25, 0.3) is 0 Å². The molecule has 0 bridgehead atoms. The summed E-state index contributed by atoms with van der Waals surface area (Å²) in [5.74, 6) is 6.64. The molecule has 1 unspecified atom stereocenters. The summed E-state index contributed by atoms with van der Waals surface area (Å²) in [4.78, 5) is 0. The monoisotopic (exact) mass is 270 g/mol. The van der Waals surface area contributed by atoms with Gasteiger partial charge in [-0.25, -0.2) is 5.43 Å². The summed E-state index contributed by atoms with van der Waals surface area (Å²) in [6.45, 7) is 6.84. The fraction of sp³-hybridized carbons (Fsp3) is 0.294. The summed E-state index contributed by atoms with van der Waals surface area (Å²) in [6.07, 6.45) is 0. The minimum atomic E-state index is -0.0333. The van der Waals surface area contributed by atoms with E-state index in [1.54, 1.807) is 0 Å². The summed E-state index contributed by atoms with van der Waals surface area (Å²) in [5.41, 5.74) is 7.64. The molecule has 20 heavy (non-hydrogen) atoms. The van der Waals surface area contributed by atoms with Crippen molar-refractivity contribution < 1.29 is 4.74 Å². The van der Waals surface area contributed by atoms with Gasteiger partial charge in [0.05, 0.1) is 12.6 Å². The van der Waals surface area contributed by atoms with E-state index in [1.165, 1.54) is 16.7 Å². The Kier molecular flexibility index (Phi) is 4.77. The summed E-state index contributed by atoms with van der Waals surface area (Å²) >= 11 is 0. The van der Waals surface area contributed by atoms with Gasteiger partial charge < -0.3 is 4.74 Å². The van der Waals surface area contributed by atoms with Gasteiger partial charge in [0.2, 0.25) is 0 Å². The lowest BCUT2D eigenvalue weighted by Crippen LogP contribution is -2.29. The molecule has 2 aromatic rings. The topological polar surface area (TPSA) is 47.3 Å². The highest BCUT2D eigenvalue weighted by Gasteiger charge is 2.13. The standard InChI is InChI=1S/C17H22N2O/c1-4-20-16-7-5-6-14(11-16)17(19-18)15-9-12(2)8-13(3)10-15/h5-11,17,19H,4,18H2,1-3H3. The lowest BCUT2D eigenvalue weighted by atomic mass is 9.96. The first-order valence-electron chi connectivity index (χ1n) is 6.91. The van der Waals surface area contributed by atoms with Crippen LogP contribution >= 0.6 is 0 Å². The average molecular weight is 270 g/mol. The van der Waals surface area contributed by atoms with Crippen LogP contribution in [0.1, 0.15) is 35.2 Å². The fourth-order valence-corrected chi connectivity index (χ4v) is 2.51. The number of hydrazine groups is 1. The van der Waals surface area contributed by atoms with E-state index < -0.39 is 0 Å². The van der Waals surface area contributed by atoms with E-state index in [1.807, 2.05) is 25.1 Å². The second kappa shape index (κ2) is 6.55. The van der Waals surface area contributed by atoms with Gasteiger partial charge in [-0.15, -0.1) is 0 Å². The first-order chi connectivity index (χ1) is 9.63. The van der Waals surface area contributed by atoms with Gasteiger partial charge in [-0.3, -0.25) is 5.84 Å². The van der Waals surface area contributed by atoms with Crippen LogP contribution in [0.3, 0.4) is 0 Å². The molecule has 0 aliphatic rings. The SMILES string of the molecule is CCOc1cccc(C(NN)c2cc(C)cc(C)c2)c1. The highest BCUT2D eigenvalue weighted by Crippen LogP contribution is 2.26. The number of nitrogens with one attached hydrogen (secondary N) is 1. The second-order valence-electron chi connectivity index (χ2n) is 5.03. The molecule has 0 saturated heterocycles. The summed E-state index contributed by atoms with van der Waals surface area (Å²) in [5, 5.41) is 0. The van der Waals surface area contributed by atoms with E-state index in [-0.39, 0.29) is 6.04 Å². The minimum absolute atomic E-state index is 0.0333. The Morgan fingerprint density at radius 1 is 1.05 bits per heavy atom. The Morgan fingerprint density at radius 2 is 1.75 bits per heavy atom. The molecule has 0 amide bonds. The smallest absolute Gasteiger partial charge is 0.119 e. The van der Waals surface area contributed by atoms with Gasteiger partial charge in [-0.05, 0) is 44.0 Å². The largest absolute Gasteiger partial charge is 0.494 e. The molecule has 2 aromatic carbocycles. The van der Waals surface area contributed by atoms with Gasteiger partial charge in [-0.1, -0.05) is 41.5 Å². The van der Waals surface area contributed by atoms with Crippen molar-refractivity contribution in [2.24, 2.45) is 5.84 Å². The van der Waals surface area contributed by atoms with Crippen molar-refractivity contribution in [3.05, 3.63) is 64.7 Å². The Bertz CT molecular complexity index is 561. The van der Waals surface area contributed by atoms with Crippen LogP contribution < -0.4 is 16.0 Å². The highest BCUT2D eigenvalue weighted by molar-refractivity contribution is 5.39. The zero-order chi connectivity index (χ0) is 14.5. The molecule has 106 valence electrons. The zero-order valence-corrected chi connectivity index (χ0v) is 12.3. The molecule has 1 atom stereocenters. The normalized spacial score (nSPS) is 12.2. The van der Waals surface area contributed by atoms with Crippen LogP contribution in [0.15, 0.2) is 42.5 Å². The van der Waals surface area contributed by atoms with E-state index in [9.17, 15) is 0 Å². The predicted octanol–water partition coefficient (Wildman–Crippen LogP) is 3.25. The predicted molar refractivity (Wildman–Crippen MR) is 82.7 cm³/mol. The van der Waals surface area contributed by atoms with E-state index >= 15 is 0 Å². The van der Waals surface area contributed by atoms with Crippen molar-refractivity contribution in [3.63, 3.8) is 0 Å². The molecule has 3 heteroatoms. The van der Waals surface area contributed by atoms with Crippen molar-refractivity contribution in [2.45, 2.75) is 26.8 Å². The van der Waals surface area contributed by atoms with Crippen LogP contribution in [-0.4, -0.2) is 6.61 Å². The molecule has 0 saturated carbocycles. The lowest BCUT2D eigenvalue weighted by molar-refractivity contribution is 0.339. The molecular weight excluding hydrogens is 248 g/mol. The van der Waals surface area contributed by atoms with E-state index in [4.69, 9.17) is 10.6 Å². The first-order valence-corrected chi connectivity index (χ1v) is 6.91. The van der Waals surface area contributed by atoms with Crippen molar-refractivity contribution >= 4 is 0 Å². The molecule has 0 heterocycles. The summed E-state index contributed by atoms with van der Waals surface area (Å²) in [7, 11) is 0. The molecular formula is C17H22N2O. The number of aryl methyl sites for hydroxylation is 2. The van der Waals surface area contributed by atoms with Crippen LogP contribution in [0.25, 0.3) is 0 Å². The molecule has 3 N–H and O–H groups in total. The molecule has 0 fully saturated rings. The number of benzene rings is 2. The van der Waals surface area contributed by atoms with Crippen LogP contribution in [0.5, 0.6) is 5.75 Å². The number of rotatable bonds is 5. The Balaban J connectivity index is 2.38. The molecule has 3 nitrogen and oxygen atoms in total. The van der Waals surface area contributed by atoms with Crippen LogP contribution in [0.2, 0.25) is 0 Å². The quantitative estimate of drug-likeness (QED) is 0.647. The summed E-state index contributed by atoms with van der Waals surface area (Å²) in [6, 6.07) is 14.5. The van der Waals surface area contributed by atoms with E-state index in [2.05, 4.69) is 43.5 Å². The third kappa shape index (κ3) is 3.38. The third-order valence-corrected chi connectivity index (χ3v) is 3.25. The fourth-order valence-electron chi connectivity index (χ4n) is 2.51. The molecule has 2 rings (SSSR count). The Hall–Kier alpha value is -1.84. The lowest BCUT2D eigenvalue weighted by Gasteiger charge is -2.19. The van der Waals surface area contributed by atoms with Crippen molar-refractivity contribution in [1.82, 2.24) is 5.43 Å². The maximum Gasteiger partial charge on any atom is 0.119 e. The van der Waals surface area contributed by atoms with Crippen LogP contribution in [0.4, 0.5) is 0 Å². The number of nitrogens with two attached hydrogens (primary N) is 1. The number of hydrogen-bond acceptors (Lipinski definition) is 3. The van der Waals surface area contributed by atoms with Gasteiger partial charge in [0, 0.05) is 0 Å². The minimum Gasteiger partial charge on any atom is -0.494 e. The molecule has 0 aromatic heterocycles. The van der Waals surface area contributed by atoms with E-state index in [0.717, 1.165) is 11.3 Å². The molecule has 0 radical (unpaired) electrons. The Labute approximate surface area is 120 Å². The molecule has 0 spiro atoms. The third-order valence-electron chi connectivity index (χ3n) is 3.25. The van der Waals surface area contributed by atoms with Crippen LogP contribution in [-0.2, 0) is 0 Å². The van der Waals surface area contributed by atoms with Crippen molar-refractivity contribution in [3.8, 4) is 5.75 Å². The van der Waals surface area contributed by atoms with Gasteiger partial charge in [-0.2, -0.15) is 0 Å². The zero-order valence-electron chi connectivity index (χ0n) is 12.3. The second-order valence-corrected chi connectivity index (χ2v) is 5.03. The Morgan fingerprint density at radius 3 is 2.35 bits per heavy atom. The van der Waals surface area contributed by atoms with Crippen molar-refractivity contribution in [2.75, 3.05) is 6.61 Å². The maximum atomic E-state index is 5.77. The molecule has 0 aliphatic heterocycles. The van der Waals surface area contributed by atoms with Gasteiger partial charge in [0.1, 0.15) is 5.75 Å². The highest BCUT2D eigenvalue weighted by atomic mass is 16.5. The average Bonchev–Trinajstić information content (AvgIpc) is 2.39. The van der Waals surface area contributed by atoms with Crippen LogP contribution in [0, 0.1) is 13.8 Å². The van der Waals surface area contributed by atoms with E-state index in [0.29, 0.717) is 6.61 Å². The van der Waals surface area contributed by atoms with Gasteiger partial charge >= 0.3 is 0 Å².